The Hall–Kier alpha value is -0.730. The smallest absolute Gasteiger partial charge is 0.300 e. The molecule has 0 aromatic rings. The molecular formula is C11H26O7. The Balaban J connectivity index is -0.000000212. The van der Waals surface area contributed by atoms with Gasteiger partial charge in [0.05, 0.1) is 31.8 Å². The summed E-state index contributed by atoms with van der Waals surface area (Å²) in [7, 11) is 0. The molecule has 0 atom stereocenters. The average molecular weight is 270 g/mol. The van der Waals surface area contributed by atoms with E-state index in [0.29, 0.717) is 0 Å². The van der Waals surface area contributed by atoms with E-state index in [4.69, 9.17) is 35.1 Å². The van der Waals surface area contributed by atoms with Crippen molar-refractivity contribution in [2.45, 2.75) is 20.8 Å². The van der Waals surface area contributed by atoms with Crippen molar-refractivity contribution in [2.24, 2.45) is 5.41 Å². The maximum Gasteiger partial charge on any atom is 0.300 e. The van der Waals surface area contributed by atoms with Crippen molar-refractivity contribution < 1.29 is 35.1 Å². The molecule has 7 nitrogen and oxygen atoms in total. The Kier molecular flexibility index (Phi) is 20.3. The highest BCUT2D eigenvalue weighted by molar-refractivity contribution is 5.62. The molecule has 0 aliphatic carbocycles. The van der Waals surface area contributed by atoms with Gasteiger partial charge in [-0.05, 0) is 13.8 Å². The molecule has 0 saturated carbocycles. The highest BCUT2D eigenvalue weighted by Gasteiger charge is 2.26. The van der Waals surface area contributed by atoms with Crippen molar-refractivity contribution >= 4 is 5.97 Å². The van der Waals surface area contributed by atoms with Gasteiger partial charge >= 0.3 is 0 Å². The summed E-state index contributed by atoms with van der Waals surface area (Å²) < 4.78 is 4.83. The van der Waals surface area contributed by atoms with Crippen LogP contribution < -0.4 is 0 Å². The fourth-order valence-electron chi connectivity index (χ4n) is 0.504. The normalized spacial score (nSPS) is 9.72. The van der Waals surface area contributed by atoms with Crippen molar-refractivity contribution in [2.75, 3.05) is 39.6 Å². The Labute approximate surface area is 108 Å². The third kappa shape index (κ3) is 17.7. The van der Waals surface area contributed by atoms with E-state index >= 15 is 0 Å². The molecule has 0 aromatic carbocycles. The van der Waals surface area contributed by atoms with Crippen molar-refractivity contribution in [1.82, 2.24) is 0 Å². The third-order valence-electron chi connectivity index (χ3n) is 1.75. The van der Waals surface area contributed by atoms with Gasteiger partial charge in [-0.25, -0.2) is 0 Å². The number of carboxylic acids is 1. The van der Waals surface area contributed by atoms with Crippen LogP contribution in [0, 0.1) is 5.41 Å². The number of aliphatic hydroxyl groups excluding tert-OH is 4. The van der Waals surface area contributed by atoms with Crippen molar-refractivity contribution in [3.05, 3.63) is 0 Å². The molecule has 7 heteroatoms. The molecule has 0 amide bonds. The number of aliphatic carboxylic acids is 1. The topological polar surface area (TPSA) is 127 Å². The summed E-state index contributed by atoms with van der Waals surface area (Å²) in [5, 5.41) is 41.4. The van der Waals surface area contributed by atoms with E-state index in [2.05, 4.69) is 0 Å². The molecule has 5 N–H and O–H groups in total. The second-order valence-electron chi connectivity index (χ2n) is 3.43. The van der Waals surface area contributed by atoms with Gasteiger partial charge in [-0.15, -0.1) is 0 Å². The van der Waals surface area contributed by atoms with Gasteiger partial charge < -0.3 is 30.3 Å². The molecule has 112 valence electrons. The summed E-state index contributed by atoms with van der Waals surface area (Å²) in [5.74, 6) is -0.833. The van der Waals surface area contributed by atoms with Crippen LogP contribution in [-0.4, -0.2) is 71.1 Å². The van der Waals surface area contributed by atoms with Crippen molar-refractivity contribution in [3.63, 3.8) is 0 Å². The van der Waals surface area contributed by atoms with E-state index in [9.17, 15) is 0 Å². The summed E-state index contributed by atoms with van der Waals surface area (Å²) in [6.07, 6.45) is 0. The minimum atomic E-state index is -1.11. The summed E-state index contributed by atoms with van der Waals surface area (Å²) in [5.41, 5.74) is -1.11. The van der Waals surface area contributed by atoms with E-state index in [1.807, 2.05) is 13.8 Å². The average Bonchev–Trinajstić information content (AvgIpc) is 2.34. The van der Waals surface area contributed by atoms with Gasteiger partial charge in [0.2, 0.25) is 0 Å². The SMILES string of the molecule is CC(=O)O.CCOCC.OCC(CO)(CO)CO. The lowest BCUT2D eigenvalue weighted by Gasteiger charge is -2.23. The molecule has 0 aromatic heterocycles. The zero-order chi connectivity index (χ0) is 15.0. The van der Waals surface area contributed by atoms with Crippen LogP contribution in [-0.2, 0) is 9.53 Å². The van der Waals surface area contributed by atoms with Crippen LogP contribution >= 0.6 is 0 Å². The summed E-state index contributed by atoms with van der Waals surface area (Å²) in [6, 6.07) is 0. The minimum Gasteiger partial charge on any atom is -0.481 e. The maximum atomic E-state index is 9.00. The highest BCUT2D eigenvalue weighted by Crippen LogP contribution is 2.11. The third-order valence-corrected chi connectivity index (χ3v) is 1.75. The highest BCUT2D eigenvalue weighted by atomic mass is 16.5. The Morgan fingerprint density at radius 3 is 1.17 bits per heavy atom. The maximum absolute atomic E-state index is 9.00. The number of rotatable bonds is 6. The number of carboxylic acid groups (broad SMARTS) is 1. The Morgan fingerprint density at radius 1 is 0.944 bits per heavy atom. The number of aliphatic hydroxyl groups is 4. The molecule has 18 heavy (non-hydrogen) atoms. The predicted octanol–water partition coefficient (Wildman–Crippen LogP) is -0.924. The van der Waals surface area contributed by atoms with Gasteiger partial charge in [-0.2, -0.15) is 0 Å². The first-order chi connectivity index (χ1) is 8.39. The van der Waals surface area contributed by atoms with Crippen LogP contribution in [0.2, 0.25) is 0 Å². The fraction of sp³-hybridized carbons (Fsp3) is 0.909. The zero-order valence-corrected chi connectivity index (χ0v) is 11.3. The minimum absolute atomic E-state index is 0.406. The predicted molar refractivity (Wildman–Crippen MR) is 66.3 cm³/mol. The summed E-state index contributed by atoms with van der Waals surface area (Å²) >= 11 is 0. The lowest BCUT2D eigenvalue weighted by atomic mass is 9.93. The molecule has 0 aliphatic rings. The van der Waals surface area contributed by atoms with Crippen molar-refractivity contribution in [3.8, 4) is 0 Å². The molecule has 0 rings (SSSR count). The van der Waals surface area contributed by atoms with E-state index in [1.165, 1.54) is 0 Å². The Bertz CT molecular complexity index is 145. The fourth-order valence-corrected chi connectivity index (χ4v) is 0.504. The molecular weight excluding hydrogens is 244 g/mol. The van der Waals surface area contributed by atoms with Gasteiger partial charge in [-0.1, -0.05) is 0 Å². The molecule has 0 radical (unpaired) electrons. The number of hydrogen-bond acceptors (Lipinski definition) is 6. The van der Waals surface area contributed by atoms with E-state index in [0.717, 1.165) is 20.1 Å². The van der Waals surface area contributed by atoms with Crippen LogP contribution in [0.15, 0.2) is 0 Å². The second-order valence-corrected chi connectivity index (χ2v) is 3.43. The van der Waals surface area contributed by atoms with Gasteiger partial charge in [0.25, 0.3) is 5.97 Å². The molecule has 0 unspecified atom stereocenters. The van der Waals surface area contributed by atoms with Crippen LogP contribution in [0.1, 0.15) is 20.8 Å². The largest absolute Gasteiger partial charge is 0.481 e. The molecule has 0 saturated heterocycles. The lowest BCUT2D eigenvalue weighted by molar-refractivity contribution is -0.134. The first kappa shape index (κ1) is 22.5. The standard InChI is InChI=1S/C5H12O4.C4H10O.C2H4O2/c6-1-5(2-7,3-8)4-9;1-3-5-4-2;1-2(3)4/h6-9H,1-4H2;3-4H2,1-2H3;1H3,(H,3,4). The summed E-state index contributed by atoms with van der Waals surface area (Å²) in [4.78, 5) is 9.00. The Morgan fingerprint density at radius 2 is 1.17 bits per heavy atom. The van der Waals surface area contributed by atoms with Gasteiger partial charge in [0, 0.05) is 20.1 Å². The molecule has 0 heterocycles. The number of hydrogen-bond donors (Lipinski definition) is 5. The van der Waals surface area contributed by atoms with Gasteiger partial charge in [0.15, 0.2) is 0 Å². The lowest BCUT2D eigenvalue weighted by Crippen LogP contribution is -2.37. The monoisotopic (exact) mass is 270 g/mol. The summed E-state index contributed by atoms with van der Waals surface area (Å²) in [6.45, 7) is 5.12. The first-order valence-electron chi connectivity index (χ1n) is 5.60. The van der Waals surface area contributed by atoms with Gasteiger partial charge in [0.1, 0.15) is 0 Å². The van der Waals surface area contributed by atoms with Crippen molar-refractivity contribution in [1.29, 1.82) is 0 Å². The van der Waals surface area contributed by atoms with E-state index in [-0.39, 0.29) is 0 Å². The van der Waals surface area contributed by atoms with Crippen LogP contribution in [0.25, 0.3) is 0 Å². The number of carbonyl (C=O) groups is 1. The zero-order valence-electron chi connectivity index (χ0n) is 11.3. The van der Waals surface area contributed by atoms with Crippen LogP contribution in [0.5, 0.6) is 0 Å². The molecule has 0 aliphatic heterocycles. The number of ether oxygens (including phenoxy) is 1. The first-order valence-corrected chi connectivity index (χ1v) is 5.60. The second kappa shape index (κ2) is 16.3. The quantitative estimate of drug-likeness (QED) is 0.422. The van der Waals surface area contributed by atoms with Crippen LogP contribution in [0.3, 0.4) is 0 Å². The van der Waals surface area contributed by atoms with Crippen LogP contribution in [0.4, 0.5) is 0 Å². The van der Waals surface area contributed by atoms with E-state index < -0.39 is 37.8 Å². The van der Waals surface area contributed by atoms with Gasteiger partial charge in [-0.3, -0.25) is 4.79 Å². The molecule has 0 spiro atoms. The molecule has 0 bridgehead atoms. The van der Waals surface area contributed by atoms with E-state index in [1.54, 1.807) is 0 Å². The molecule has 0 fully saturated rings.